The van der Waals surface area contributed by atoms with Gasteiger partial charge in [0, 0.05) is 6.04 Å². The number of amides is 1. The van der Waals surface area contributed by atoms with Gasteiger partial charge in [-0.3, -0.25) is 4.79 Å². The van der Waals surface area contributed by atoms with Crippen LogP contribution in [0, 0.1) is 0 Å². The van der Waals surface area contributed by atoms with Crippen molar-refractivity contribution in [3.05, 3.63) is 0 Å². The molecule has 1 amide bonds. The van der Waals surface area contributed by atoms with E-state index in [4.69, 9.17) is 0 Å². The molecule has 1 unspecified atom stereocenters. The van der Waals surface area contributed by atoms with Gasteiger partial charge in [-0.15, -0.1) is 0 Å². The lowest BCUT2D eigenvalue weighted by Gasteiger charge is -2.19. The maximum atomic E-state index is 11.3. The quantitative estimate of drug-likeness (QED) is 0.727. The van der Waals surface area contributed by atoms with Gasteiger partial charge >= 0.3 is 0 Å². The third-order valence-electron chi connectivity index (χ3n) is 1.53. The summed E-state index contributed by atoms with van der Waals surface area (Å²) in [4.78, 5) is 11.3. The molecule has 0 rings (SSSR count). The van der Waals surface area contributed by atoms with Crippen molar-refractivity contribution in [2.75, 3.05) is 0 Å². The summed E-state index contributed by atoms with van der Waals surface area (Å²) in [6.45, 7) is 7.72. The van der Waals surface area contributed by atoms with E-state index in [-0.39, 0.29) is 11.9 Å². The number of alkyl halides is 1. The molecule has 0 aromatic heterocycles. The van der Waals surface area contributed by atoms with E-state index >= 15 is 0 Å². The van der Waals surface area contributed by atoms with Crippen molar-refractivity contribution in [1.82, 2.24) is 5.32 Å². The SMILES string of the molecule is CCC(C)NC(=O)C(C)(C)Br. The monoisotopic (exact) mass is 221 g/mol. The highest BCUT2D eigenvalue weighted by Gasteiger charge is 2.23. The van der Waals surface area contributed by atoms with Crippen molar-refractivity contribution in [3.8, 4) is 0 Å². The lowest BCUT2D eigenvalue weighted by Crippen LogP contribution is -2.42. The van der Waals surface area contributed by atoms with Gasteiger partial charge in [0.1, 0.15) is 0 Å². The number of halogens is 1. The second-order valence-corrected chi connectivity index (χ2v) is 5.24. The maximum Gasteiger partial charge on any atom is 0.236 e. The summed E-state index contributed by atoms with van der Waals surface area (Å²) in [5.74, 6) is 0.0480. The number of nitrogens with one attached hydrogen (secondary N) is 1. The Balaban J connectivity index is 3.88. The van der Waals surface area contributed by atoms with Gasteiger partial charge in [-0.1, -0.05) is 22.9 Å². The van der Waals surface area contributed by atoms with Crippen LogP contribution in [0.15, 0.2) is 0 Å². The first-order chi connectivity index (χ1) is 4.88. The standard InChI is InChI=1S/C8H16BrNO/c1-5-6(2)10-7(11)8(3,4)9/h6H,5H2,1-4H3,(H,10,11). The Kier molecular flexibility index (Phi) is 4.08. The van der Waals surface area contributed by atoms with Crippen LogP contribution in [0.4, 0.5) is 0 Å². The molecule has 0 radical (unpaired) electrons. The molecule has 0 fully saturated rings. The van der Waals surface area contributed by atoms with Crippen molar-refractivity contribution in [1.29, 1.82) is 0 Å². The van der Waals surface area contributed by atoms with E-state index in [9.17, 15) is 4.79 Å². The predicted molar refractivity (Wildman–Crippen MR) is 50.9 cm³/mol. The summed E-state index contributed by atoms with van der Waals surface area (Å²) < 4.78 is -0.448. The Labute approximate surface area is 76.9 Å². The lowest BCUT2D eigenvalue weighted by molar-refractivity contribution is -0.123. The molecule has 0 aliphatic carbocycles. The Morgan fingerprint density at radius 2 is 2.09 bits per heavy atom. The molecule has 0 aromatic rings. The Hall–Kier alpha value is -0.0500. The van der Waals surface area contributed by atoms with E-state index in [1.165, 1.54) is 0 Å². The molecule has 0 aromatic carbocycles. The van der Waals surface area contributed by atoms with Crippen LogP contribution in [-0.4, -0.2) is 16.3 Å². The number of carbonyl (C=O) groups is 1. The van der Waals surface area contributed by atoms with Crippen molar-refractivity contribution in [3.63, 3.8) is 0 Å². The fraction of sp³-hybridized carbons (Fsp3) is 0.875. The lowest BCUT2D eigenvalue weighted by atomic mass is 10.2. The van der Waals surface area contributed by atoms with Crippen LogP contribution in [0.5, 0.6) is 0 Å². The highest BCUT2D eigenvalue weighted by molar-refractivity contribution is 9.10. The highest BCUT2D eigenvalue weighted by atomic mass is 79.9. The Morgan fingerprint density at radius 3 is 2.36 bits per heavy atom. The zero-order chi connectivity index (χ0) is 9.07. The van der Waals surface area contributed by atoms with Gasteiger partial charge in [0.25, 0.3) is 0 Å². The summed E-state index contributed by atoms with van der Waals surface area (Å²) in [7, 11) is 0. The first-order valence-electron chi connectivity index (χ1n) is 3.87. The van der Waals surface area contributed by atoms with Crippen LogP contribution >= 0.6 is 15.9 Å². The summed E-state index contributed by atoms with van der Waals surface area (Å²) in [5, 5.41) is 2.88. The zero-order valence-electron chi connectivity index (χ0n) is 7.57. The second-order valence-electron chi connectivity index (χ2n) is 3.26. The van der Waals surface area contributed by atoms with E-state index in [2.05, 4.69) is 21.2 Å². The highest BCUT2D eigenvalue weighted by Crippen LogP contribution is 2.15. The average Bonchev–Trinajstić information content (AvgIpc) is 1.85. The molecule has 66 valence electrons. The minimum absolute atomic E-state index is 0.0480. The third kappa shape index (κ3) is 4.40. The number of hydrogen-bond donors (Lipinski definition) is 1. The van der Waals surface area contributed by atoms with E-state index in [0.29, 0.717) is 0 Å². The fourth-order valence-electron chi connectivity index (χ4n) is 0.497. The van der Waals surface area contributed by atoms with Gasteiger partial charge in [-0.2, -0.15) is 0 Å². The molecule has 0 saturated carbocycles. The molecule has 0 saturated heterocycles. The molecule has 0 heterocycles. The van der Waals surface area contributed by atoms with Crippen LogP contribution in [-0.2, 0) is 4.79 Å². The molecule has 0 spiro atoms. The number of rotatable bonds is 3. The normalized spacial score (nSPS) is 14.3. The topological polar surface area (TPSA) is 29.1 Å². The molecule has 11 heavy (non-hydrogen) atoms. The second kappa shape index (κ2) is 4.10. The molecule has 3 heteroatoms. The zero-order valence-corrected chi connectivity index (χ0v) is 9.16. The minimum atomic E-state index is -0.448. The minimum Gasteiger partial charge on any atom is -0.352 e. The van der Waals surface area contributed by atoms with Crippen LogP contribution in [0.3, 0.4) is 0 Å². The van der Waals surface area contributed by atoms with Gasteiger partial charge in [-0.25, -0.2) is 0 Å². The van der Waals surface area contributed by atoms with Crippen LogP contribution in [0.25, 0.3) is 0 Å². The predicted octanol–water partition coefficient (Wildman–Crippen LogP) is 2.07. The molecule has 1 N–H and O–H groups in total. The van der Waals surface area contributed by atoms with E-state index in [1.807, 2.05) is 27.7 Å². The summed E-state index contributed by atoms with van der Waals surface area (Å²) in [6, 6.07) is 0.263. The maximum absolute atomic E-state index is 11.3. The summed E-state index contributed by atoms with van der Waals surface area (Å²) >= 11 is 3.29. The molecular weight excluding hydrogens is 206 g/mol. The van der Waals surface area contributed by atoms with Crippen LogP contribution in [0.2, 0.25) is 0 Å². The summed E-state index contributed by atoms with van der Waals surface area (Å²) in [6.07, 6.45) is 0.967. The molecule has 0 bridgehead atoms. The number of hydrogen-bond acceptors (Lipinski definition) is 1. The van der Waals surface area contributed by atoms with Crippen molar-refractivity contribution >= 4 is 21.8 Å². The number of carbonyl (C=O) groups excluding carboxylic acids is 1. The van der Waals surface area contributed by atoms with Gasteiger partial charge in [0.2, 0.25) is 5.91 Å². The summed E-state index contributed by atoms with van der Waals surface area (Å²) in [5.41, 5.74) is 0. The third-order valence-corrected chi connectivity index (χ3v) is 1.89. The molecular formula is C8H16BrNO. The first-order valence-corrected chi connectivity index (χ1v) is 4.67. The first kappa shape index (κ1) is 11.0. The molecule has 1 atom stereocenters. The van der Waals surface area contributed by atoms with Crippen molar-refractivity contribution in [2.45, 2.75) is 44.5 Å². The van der Waals surface area contributed by atoms with E-state index in [0.717, 1.165) is 6.42 Å². The molecule has 2 nitrogen and oxygen atoms in total. The largest absolute Gasteiger partial charge is 0.352 e. The Morgan fingerprint density at radius 1 is 1.64 bits per heavy atom. The van der Waals surface area contributed by atoms with Gasteiger partial charge in [0.05, 0.1) is 4.32 Å². The van der Waals surface area contributed by atoms with E-state index < -0.39 is 4.32 Å². The fourth-order valence-corrected chi connectivity index (χ4v) is 0.612. The average molecular weight is 222 g/mol. The smallest absolute Gasteiger partial charge is 0.236 e. The van der Waals surface area contributed by atoms with Crippen molar-refractivity contribution < 1.29 is 4.79 Å². The van der Waals surface area contributed by atoms with Gasteiger partial charge in [-0.05, 0) is 27.2 Å². The van der Waals surface area contributed by atoms with Crippen LogP contribution < -0.4 is 5.32 Å². The molecule has 0 aliphatic rings. The van der Waals surface area contributed by atoms with Crippen LogP contribution in [0.1, 0.15) is 34.1 Å². The van der Waals surface area contributed by atoms with Gasteiger partial charge < -0.3 is 5.32 Å². The Bertz CT molecular complexity index is 140. The van der Waals surface area contributed by atoms with Gasteiger partial charge in [0.15, 0.2) is 0 Å². The molecule has 0 aliphatic heterocycles. The van der Waals surface area contributed by atoms with Crippen molar-refractivity contribution in [2.24, 2.45) is 0 Å². The van der Waals surface area contributed by atoms with E-state index in [1.54, 1.807) is 0 Å².